The monoisotopic (exact) mass is 557 g/mol. The number of nitrogens with zero attached hydrogens (tertiary/aromatic N) is 1. The van der Waals surface area contributed by atoms with Crippen LogP contribution in [0.15, 0.2) is 125 Å². The first kappa shape index (κ1) is 24.2. The maximum absolute atomic E-state index is 14.4. The van der Waals surface area contributed by atoms with Gasteiger partial charge in [0, 0.05) is 16.0 Å². The molecule has 4 nitrogen and oxygen atoms in total. The van der Waals surface area contributed by atoms with Crippen LogP contribution in [0.25, 0.3) is 5.70 Å². The zero-order valence-electron chi connectivity index (χ0n) is 19.6. The number of carbonyl (C=O) groups excluding carboxylic acids is 1. The summed E-state index contributed by atoms with van der Waals surface area (Å²) in [5.74, 6) is -1.53. The maximum Gasteiger partial charge on any atom is 0.270 e. The fourth-order valence-electron chi connectivity index (χ4n) is 4.63. The molecular formula is C30H24BrNO3S. The van der Waals surface area contributed by atoms with Gasteiger partial charge in [-0.15, -0.1) is 0 Å². The van der Waals surface area contributed by atoms with Crippen molar-refractivity contribution in [1.29, 1.82) is 0 Å². The summed E-state index contributed by atoms with van der Waals surface area (Å²) in [5, 5.41) is 0. The average Bonchev–Trinajstić information content (AvgIpc) is 2.89. The van der Waals surface area contributed by atoms with Gasteiger partial charge in [0.05, 0.1) is 16.5 Å². The third-order valence-corrected chi connectivity index (χ3v) is 8.62. The molecule has 2 atom stereocenters. The predicted molar refractivity (Wildman–Crippen MR) is 146 cm³/mol. The summed E-state index contributed by atoms with van der Waals surface area (Å²) in [6.45, 7) is 1.89. The quantitative estimate of drug-likeness (QED) is 0.268. The van der Waals surface area contributed by atoms with E-state index in [1.807, 2.05) is 97.9 Å². The van der Waals surface area contributed by atoms with Crippen molar-refractivity contribution in [2.75, 3.05) is 0 Å². The van der Waals surface area contributed by atoms with E-state index in [4.69, 9.17) is 0 Å². The minimum absolute atomic E-state index is 0.0762. The van der Waals surface area contributed by atoms with Gasteiger partial charge in [0.15, 0.2) is 0 Å². The number of halogens is 1. The summed E-state index contributed by atoms with van der Waals surface area (Å²) in [6.07, 6.45) is 1.92. The second-order valence-electron chi connectivity index (χ2n) is 8.81. The zero-order valence-corrected chi connectivity index (χ0v) is 22.0. The summed E-state index contributed by atoms with van der Waals surface area (Å²) < 4.78 is 29.9. The molecule has 1 aliphatic heterocycles. The number of allylic oxidation sites excluding steroid dienone is 1. The van der Waals surface area contributed by atoms with Crippen LogP contribution < -0.4 is 0 Å². The van der Waals surface area contributed by atoms with Gasteiger partial charge >= 0.3 is 0 Å². The highest BCUT2D eigenvalue weighted by Crippen LogP contribution is 2.45. The van der Waals surface area contributed by atoms with Crippen LogP contribution in [0.4, 0.5) is 0 Å². The molecular weight excluding hydrogens is 534 g/mol. The van der Waals surface area contributed by atoms with Crippen molar-refractivity contribution in [1.82, 2.24) is 4.31 Å². The molecule has 0 saturated carbocycles. The first-order valence-electron chi connectivity index (χ1n) is 11.6. The van der Waals surface area contributed by atoms with Gasteiger partial charge in [-0.2, -0.15) is 0 Å². The summed E-state index contributed by atoms with van der Waals surface area (Å²) in [6, 6.07) is 33.1. The van der Waals surface area contributed by atoms with Crippen molar-refractivity contribution >= 4 is 37.6 Å². The van der Waals surface area contributed by atoms with E-state index in [1.54, 1.807) is 24.3 Å². The van der Waals surface area contributed by atoms with E-state index in [0.29, 0.717) is 11.3 Å². The lowest BCUT2D eigenvalue weighted by Gasteiger charge is -2.37. The predicted octanol–water partition coefficient (Wildman–Crippen LogP) is 6.90. The van der Waals surface area contributed by atoms with E-state index in [-0.39, 0.29) is 10.8 Å². The number of hydrogen-bond acceptors (Lipinski definition) is 3. The number of aryl methyl sites for hydroxylation is 1. The molecule has 0 radical (unpaired) electrons. The summed E-state index contributed by atoms with van der Waals surface area (Å²) in [5.41, 5.74) is 3.64. The molecule has 4 aromatic carbocycles. The molecule has 0 aliphatic carbocycles. The number of carbonyl (C=O) groups is 1. The summed E-state index contributed by atoms with van der Waals surface area (Å²) in [7, 11) is -4.18. The Morgan fingerprint density at radius 1 is 0.750 bits per heavy atom. The Labute approximate surface area is 220 Å². The SMILES string of the molecule is Cc1ccc(S(=O)(=O)N2C(=O)[C@H](c3ccccc3)[C@@H](c3ccccc3)C=C2c2cccc(Br)c2)cc1. The minimum atomic E-state index is -4.18. The second-order valence-corrected chi connectivity index (χ2v) is 11.5. The molecule has 180 valence electrons. The first-order chi connectivity index (χ1) is 17.4. The van der Waals surface area contributed by atoms with E-state index in [9.17, 15) is 13.2 Å². The number of rotatable bonds is 5. The van der Waals surface area contributed by atoms with Crippen molar-refractivity contribution in [2.45, 2.75) is 23.7 Å². The Morgan fingerprint density at radius 2 is 1.36 bits per heavy atom. The molecule has 5 rings (SSSR count). The largest absolute Gasteiger partial charge is 0.273 e. The van der Waals surface area contributed by atoms with Crippen LogP contribution in [0.3, 0.4) is 0 Å². The molecule has 0 spiro atoms. The van der Waals surface area contributed by atoms with Crippen LogP contribution in [0, 0.1) is 6.92 Å². The van der Waals surface area contributed by atoms with Crippen LogP contribution in [0.2, 0.25) is 0 Å². The lowest BCUT2D eigenvalue weighted by molar-refractivity contribution is -0.126. The maximum atomic E-state index is 14.4. The summed E-state index contributed by atoms with van der Waals surface area (Å²) in [4.78, 5) is 14.4. The van der Waals surface area contributed by atoms with Crippen molar-refractivity contribution < 1.29 is 13.2 Å². The molecule has 0 aromatic heterocycles. The van der Waals surface area contributed by atoms with Gasteiger partial charge in [0.25, 0.3) is 10.0 Å². The topological polar surface area (TPSA) is 54.5 Å². The zero-order chi connectivity index (χ0) is 25.3. The Bertz CT molecular complexity index is 1530. The molecule has 0 bridgehead atoms. The fourth-order valence-corrected chi connectivity index (χ4v) is 6.50. The Hall–Kier alpha value is -3.48. The molecule has 1 aliphatic rings. The van der Waals surface area contributed by atoms with Crippen LogP contribution >= 0.6 is 15.9 Å². The number of benzene rings is 4. The average molecular weight is 558 g/mol. The Balaban J connectivity index is 1.78. The van der Waals surface area contributed by atoms with Crippen molar-refractivity contribution in [3.8, 4) is 0 Å². The molecule has 1 amide bonds. The van der Waals surface area contributed by atoms with Crippen LogP contribution in [-0.2, 0) is 14.8 Å². The third kappa shape index (κ3) is 4.54. The van der Waals surface area contributed by atoms with Crippen LogP contribution in [-0.4, -0.2) is 18.6 Å². The molecule has 1 heterocycles. The minimum Gasteiger partial charge on any atom is -0.273 e. The van der Waals surface area contributed by atoms with E-state index in [0.717, 1.165) is 25.5 Å². The molecule has 36 heavy (non-hydrogen) atoms. The lowest BCUT2D eigenvalue weighted by Crippen LogP contribution is -2.43. The molecule has 6 heteroatoms. The summed E-state index contributed by atoms with van der Waals surface area (Å²) >= 11 is 3.50. The van der Waals surface area contributed by atoms with Crippen molar-refractivity contribution in [3.63, 3.8) is 0 Å². The lowest BCUT2D eigenvalue weighted by atomic mass is 9.78. The third-order valence-electron chi connectivity index (χ3n) is 6.40. The smallest absolute Gasteiger partial charge is 0.270 e. The normalized spacial score (nSPS) is 18.1. The highest BCUT2D eigenvalue weighted by atomic mass is 79.9. The standard InChI is InChI=1S/C30H24BrNO3S/c1-21-15-17-26(18-16-21)36(34,35)32-28(24-13-8-14-25(31)19-24)20-27(22-9-4-2-5-10-22)29(30(32)33)23-11-6-3-7-12-23/h2-20,27,29H,1H3/t27-,29-/m1/s1. The molecule has 0 unspecified atom stereocenters. The number of amides is 1. The van der Waals surface area contributed by atoms with E-state index >= 15 is 0 Å². The van der Waals surface area contributed by atoms with E-state index in [2.05, 4.69) is 15.9 Å². The van der Waals surface area contributed by atoms with Gasteiger partial charge in [-0.3, -0.25) is 4.79 Å². The van der Waals surface area contributed by atoms with Crippen LogP contribution in [0.5, 0.6) is 0 Å². The van der Waals surface area contributed by atoms with Gasteiger partial charge in [-0.05, 0) is 42.3 Å². The van der Waals surface area contributed by atoms with Gasteiger partial charge in [-0.1, -0.05) is 112 Å². The van der Waals surface area contributed by atoms with Crippen molar-refractivity contribution in [3.05, 3.63) is 142 Å². The Morgan fingerprint density at radius 3 is 1.97 bits per heavy atom. The van der Waals surface area contributed by atoms with Gasteiger partial charge < -0.3 is 0 Å². The van der Waals surface area contributed by atoms with Crippen LogP contribution in [0.1, 0.15) is 34.1 Å². The van der Waals surface area contributed by atoms with E-state index < -0.39 is 21.8 Å². The van der Waals surface area contributed by atoms with Gasteiger partial charge in [0.2, 0.25) is 5.91 Å². The number of sulfonamides is 1. The number of hydrogen-bond donors (Lipinski definition) is 0. The molecule has 0 saturated heterocycles. The fraction of sp³-hybridized carbons (Fsp3) is 0.100. The molecule has 4 aromatic rings. The van der Waals surface area contributed by atoms with E-state index in [1.165, 1.54) is 0 Å². The first-order valence-corrected chi connectivity index (χ1v) is 13.8. The second kappa shape index (κ2) is 9.88. The van der Waals surface area contributed by atoms with Gasteiger partial charge in [-0.25, -0.2) is 12.7 Å². The highest BCUT2D eigenvalue weighted by Gasteiger charge is 2.44. The van der Waals surface area contributed by atoms with Crippen molar-refractivity contribution in [2.24, 2.45) is 0 Å². The van der Waals surface area contributed by atoms with Gasteiger partial charge in [0.1, 0.15) is 0 Å². The molecule has 0 N–H and O–H groups in total. The molecule has 0 fully saturated rings. The Kier molecular flexibility index (Phi) is 6.65. The highest BCUT2D eigenvalue weighted by molar-refractivity contribution is 9.10.